The predicted molar refractivity (Wildman–Crippen MR) is 102 cm³/mol. The van der Waals surface area contributed by atoms with Crippen LogP contribution in [0.25, 0.3) is 0 Å². The molecule has 1 aromatic rings. The lowest BCUT2D eigenvalue weighted by atomic mass is 9.97. The lowest BCUT2D eigenvalue weighted by molar-refractivity contribution is 0.0928. The third-order valence-electron chi connectivity index (χ3n) is 5.08. The number of halogens is 1. The van der Waals surface area contributed by atoms with Crippen LogP contribution in [0.1, 0.15) is 28.8 Å². The number of hydrogen-bond donors (Lipinski definition) is 1. The molecule has 1 aliphatic heterocycles. The third kappa shape index (κ3) is 5.69. The quantitative estimate of drug-likeness (QED) is 0.810. The first kappa shape index (κ1) is 20.2. The van der Waals surface area contributed by atoms with E-state index in [2.05, 4.69) is 10.2 Å². The van der Waals surface area contributed by atoms with Gasteiger partial charge in [-0.05, 0) is 43.7 Å². The lowest BCUT2D eigenvalue weighted by Gasteiger charge is -2.19. The Morgan fingerprint density at radius 2 is 1.84 bits per heavy atom. The summed E-state index contributed by atoms with van der Waals surface area (Å²) < 4.78 is 22.8. The Morgan fingerprint density at radius 3 is 2.40 bits per heavy atom. The molecule has 1 N–H and O–H groups in total. The number of aryl methyl sites for hydroxylation is 1. The molecule has 0 spiro atoms. The number of carbonyl (C=O) groups excluding carboxylic acids is 1. The van der Waals surface area contributed by atoms with E-state index in [1.54, 1.807) is 0 Å². The molecule has 2 aliphatic rings. The fraction of sp³-hybridized carbons (Fsp3) is 0.611. The minimum atomic E-state index is -2.95. The Labute approximate surface area is 156 Å². The molecule has 140 valence electrons. The van der Waals surface area contributed by atoms with Crippen LogP contribution in [0.3, 0.4) is 0 Å². The fourth-order valence-corrected chi connectivity index (χ4v) is 4.09. The molecule has 1 heterocycles. The van der Waals surface area contributed by atoms with Gasteiger partial charge < -0.3 is 5.32 Å². The number of rotatable bonds is 6. The van der Waals surface area contributed by atoms with Gasteiger partial charge >= 0.3 is 0 Å². The maximum absolute atomic E-state index is 12.5. The zero-order valence-electron chi connectivity index (χ0n) is 14.8. The van der Waals surface area contributed by atoms with Gasteiger partial charge in [-0.3, -0.25) is 9.69 Å². The highest BCUT2D eigenvalue weighted by Crippen LogP contribution is 2.41. The highest BCUT2D eigenvalue weighted by molar-refractivity contribution is 7.90. The van der Waals surface area contributed by atoms with E-state index in [1.807, 2.05) is 31.2 Å². The maximum Gasteiger partial charge on any atom is 0.251 e. The highest BCUT2D eigenvalue weighted by Gasteiger charge is 2.43. The van der Waals surface area contributed by atoms with Crippen LogP contribution in [0.2, 0.25) is 0 Å². The van der Waals surface area contributed by atoms with Gasteiger partial charge in [0.25, 0.3) is 5.91 Å². The summed E-state index contributed by atoms with van der Waals surface area (Å²) in [6, 6.07) is 7.71. The SMILES string of the molecule is Cc1ccc(C(=O)N[C@H]2CN(CCS(C)(=O)=O)C[C@@H]2C2CC2)cc1.Cl. The molecule has 3 rings (SSSR count). The van der Waals surface area contributed by atoms with Crippen LogP contribution < -0.4 is 5.32 Å². The average molecular weight is 387 g/mol. The van der Waals surface area contributed by atoms with Crippen molar-refractivity contribution >= 4 is 28.2 Å². The van der Waals surface area contributed by atoms with E-state index in [4.69, 9.17) is 0 Å². The van der Waals surface area contributed by atoms with Gasteiger partial charge in [0.2, 0.25) is 0 Å². The van der Waals surface area contributed by atoms with Crippen molar-refractivity contribution in [1.29, 1.82) is 0 Å². The number of hydrogen-bond acceptors (Lipinski definition) is 4. The number of likely N-dealkylation sites (tertiary alicyclic amines) is 1. The van der Waals surface area contributed by atoms with Crippen molar-refractivity contribution in [2.24, 2.45) is 11.8 Å². The molecule has 2 fully saturated rings. The monoisotopic (exact) mass is 386 g/mol. The van der Waals surface area contributed by atoms with Crippen LogP contribution in [-0.2, 0) is 9.84 Å². The molecule has 5 nitrogen and oxygen atoms in total. The minimum Gasteiger partial charge on any atom is -0.348 e. The number of carbonyl (C=O) groups is 1. The second kappa shape index (κ2) is 8.06. The summed E-state index contributed by atoms with van der Waals surface area (Å²) in [4.78, 5) is 14.7. The van der Waals surface area contributed by atoms with Crippen molar-refractivity contribution < 1.29 is 13.2 Å². The van der Waals surface area contributed by atoms with Gasteiger partial charge in [0.05, 0.1) is 5.75 Å². The number of nitrogens with one attached hydrogen (secondary N) is 1. The van der Waals surface area contributed by atoms with Gasteiger partial charge in [-0.1, -0.05) is 17.7 Å². The summed E-state index contributed by atoms with van der Waals surface area (Å²) in [6.07, 6.45) is 3.72. The summed E-state index contributed by atoms with van der Waals surface area (Å²) in [5.74, 6) is 1.27. The van der Waals surface area contributed by atoms with E-state index in [-0.39, 0.29) is 30.1 Å². The van der Waals surface area contributed by atoms with Crippen molar-refractivity contribution in [3.05, 3.63) is 35.4 Å². The Bertz CT molecular complexity index is 702. The molecule has 0 unspecified atom stereocenters. The van der Waals surface area contributed by atoms with Crippen LogP contribution in [0.15, 0.2) is 24.3 Å². The Balaban J connectivity index is 0.00000225. The van der Waals surface area contributed by atoms with Crippen LogP contribution in [-0.4, -0.2) is 56.9 Å². The molecule has 1 saturated heterocycles. The van der Waals surface area contributed by atoms with Crippen molar-refractivity contribution in [3.63, 3.8) is 0 Å². The first-order valence-corrected chi connectivity index (χ1v) is 10.7. The van der Waals surface area contributed by atoms with Gasteiger partial charge in [-0.15, -0.1) is 12.4 Å². The van der Waals surface area contributed by atoms with E-state index in [0.717, 1.165) is 18.7 Å². The lowest BCUT2D eigenvalue weighted by Crippen LogP contribution is -2.41. The van der Waals surface area contributed by atoms with Crippen molar-refractivity contribution in [2.75, 3.05) is 31.6 Å². The molecule has 2 atom stereocenters. The van der Waals surface area contributed by atoms with Crippen LogP contribution in [0.5, 0.6) is 0 Å². The summed E-state index contributed by atoms with van der Waals surface area (Å²) in [5.41, 5.74) is 1.82. The largest absolute Gasteiger partial charge is 0.348 e. The minimum absolute atomic E-state index is 0. The number of sulfone groups is 1. The molecule has 0 bridgehead atoms. The Morgan fingerprint density at radius 1 is 1.20 bits per heavy atom. The average Bonchev–Trinajstić information content (AvgIpc) is 3.27. The Kier molecular flexibility index (Phi) is 6.51. The molecule has 1 amide bonds. The zero-order chi connectivity index (χ0) is 17.3. The van der Waals surface area contributed by atoms with Gasteiger partial charge in [0, 0.05) is 37.5 Å². The maximum atomic E-state index is 12.5. The molecule has 1 aromatic carbocycles. The van der Waals surface area contributed by atoms with Crippen molar-refractivity contribution in [2.45, 2.75) is 25.8 Å². The van der Waals surface area contributed by atoms with E-state index in [1.165, 1.54) is 19.1 Å². The van der Waals surface area contributed by atoms with Gasteiger partial charge in [-0.2, -0.15) is 0 Å². The van der Waals surface area contributed by atoms with Crippen molar-refractivity contribution in [1.82, 2.24) is 10.2 Å². The molecule has 1 aliphatic carbocycles. The van der Waals surface area contributed by atoms with Crippen LogP contribution in [0.4, 0.5) is 0 Å². The first-order chi connectivity index (χ1) is 11.3. The first-order valence-electron chi connectivity index (χ1n) is 8.59. The van der Waals surface area contributed by atoms with E-state index >= 15 is 0 Å². The van der Waals surface area contributed by atoms with Crippen molar-refractivity contribution in [3.8, 4) is 0 Å². The Hall–Kier alpha value is -1.11. The summed E-state index contributed by atoms with van der Waals surface area (Å²) in [7, 11) is -2.95. The number of benzene rings is 1. The van der Waals surface area contributed by atoms with Crippen LogP contribution >= 0.6 is 12.4 Å². The van der Waals surface area contributed by atoms with Gasteiger partial charge in [-0.25, -0.2) is 8.42 Å². The molecule has 0 radical (unpaired) electrons. The summed E-state index contributed by atoms with van der Waals surface area (Å²) in [6.45, 7) is 4.19. The van der Waals surface area contributed by atoms with Gasteiger partial charge in [0.15, 0.2) is 0 Å². The molecule has 1 saturated carbocycles. The van der Waals surface area contributed by atoms with Gasteiger partial charge in [0.1, 0.15) is 9.84 Å². The second-order valence-electron chi connectivity index (χ2n) is 7.34. The zero-order valence-corrected chi connectivity index (χ0v) is 16.4. The second-order valence-corrected chi connectivity index (χ2v) is 9.60. The fourth-order valence-electron chi connectivity index (χ4n) is 3.50. The normalized spacial score (nSPS) is 23.9. The van der Waals surface area contributed by atoms with E-state index in [0.29, 0.717) is 23.9 Å². The standard InChI is InChI=1S/C18H26N2O3S.ClH/c1-13-3-5-15(6-4-13)18(21)19-17-12-20(9-10-24(2,22)23)11-16(17)14-7-8-14;/h3-6,14,16-17H,7-12H2,1-2H3,(H,19,21);1H/t16-,17+;/m1./s1. The van der Waals surface area contributed by atoms with E-state index < -0.39 is 9.84 Å². The smallest absolute Gasteiger partial charge is 0.251 e. The molecule has 25 heavy (non-hydrogen) atoms. The summed E-state index contributed by atoms with van der Waals surface area (Å²) in [5, 5.41) is 3.18. The van der Waals surface area contributed by atoms with E-state index in [9.17, 15) is 13.2 Å². The van der Waals surface area contributed by atoms with Crippen LogP contribution in [0, 0.1) is 18.8 Å². The highest BCUT2D eigenvalue weighted by atomic mass is 35.5. The third-order valence-corrected chi connectivity index (χ3v) is 6.00. The predicted octanol–water partition coefficient (Wildman–Crippen LogP) is 1.90. The topological polar surface area (TPSA) is 66.5 Å². The number of amides is 1. The number of nitrogens with zero attached hydrogens (tertiary/aromatic N) is 1. The molecule has 0 aromatic heterocycles. The molecule has 7 heteroatoms. The molecular weight excluding hydrogens is 360 g/mol. The summed E-state index contributed by atoms with van der Waals surface area (Å²) >= 11 is 0. The molecular formula is C18H27ClN2O3S.